The van der Waals surface area contributed by atoms with Gasteiger partial charge in [0.25, 0.3) is 0 Å². The van der Waals surface area contributed by atoms with Crippen molar-refractivity contribution in [2.45, 2.75) is 26.3 Å². The fraction of sp³-hybridized carbons (Fsp3) is 0.375. The molecule has 0 aromatic heterocycles. The second kappa shape index (κ2) is 9.38. The Labute approximate surface area is 144 Å². The van der Waals surface area contributed by atoms with Crippen molar-refractivity contribution in [1.29, 1.82) is 0 Å². The van der Waals surface area contributed by atoms with Crippen LogP contribution >= 0.6 is 0 Å². The van der Waals surface area contributed by atoms with E-state index in [9.17, 15) is 19.2 Å². The molecule has 1 aromatic carbocycles. The van der Waals surface area contributed by atoms with E-state index in [1.807, 2.05) is 0 Å². The van der Waals surface area contributed by atoms with Crippen LogP contribution in [-0.4, -0.2) is 43.5 Å². The van der Waals surface area contributed by atoms with Crippen LogP contribution in [0.5, 0.6) is 11.5 Å². The van der Waals surface area contributed by atoms with E-state index >= 15 is 0 Å². The number of nitrogens with two attached hydrogens (primary N) is 1. The highest BCUT2D eigenvalue weighted by molar-refractivity contribution is 5.85. The molecule has 0 radical (unpaired) electrons. The molecule has 9 nitrogen and oxygen atoms in total. The highest BCUT2D eigenvalue weighted by atomic mass is 16.6. The Hall–Kier alpha value is -2.94. The van der Waals surface area contributed by atoms with E-state index in [0.29, 0.717) is 5.56 Å². The molecule has 1 aromatic rings. The van der Waals surface area contributed by atoms with Crippen LogP contribution in [0.15, 0.2) is 18.2 Å². The monoisotopic (exact) mass is 352 g/mol. The van der Waals surface area contributed by atoms with Gasteiger partial charge in [-0.1, -0.05) is 6.07 Å². The third-order valence-corrected chi connectivity index (χ3v) is 2.94. The van der Waals surface area contributed by atoms with Crippen molar-refractivity contribution < 1.29 is 33.4 Å². The van der Waals surface area contributed by atoms with Crippen molar-refractivity contribution in [1.82, 2.24) is 5.32 Å². The summed E-state index contributed by atoms with van der Waals surface area (Å²) in [6.07, 6.45) is 0.113. The third-order valence-electron chi connectivity index (χ3n) is 2.94. The van der Waals surface area contributed by atoms with Gasteiger partial charge in [-0.3, -0.25) is 19.2 Å². The van der Waals surface area contributed by atoms with Gasteiger partial charge < -0.3 is 25.3 Å². The number of nitrogens with one attached hydrogen (secondary N) is 1. The molecule has 1 atom stereocenters. The molecule has 1 amide bonds. The normalized spacial score (nSPS) is 11.2. The standard InChI is InChI=1S/C16H20N2O7/c1-9(19)24-13-5-4-11(7-14(13)25-10(2)20)6-12(17)16(22)18-8-15(21)23-3/h4-5,7,12H,6,8,17H2,1-3H3,(H,18,22)/t12-/m0/s1. The summed E-state index contributed by atoms with van der Waals surface area (Å²) < 4.78 is 14.4. The highest BCUT2D eigenvalue weighted by Gasteiger charge is 2.17. The lowest BCUT2D eigenvalue weighted by molar-refractivity contribution is -0.141. The molecule has 0 bridgehead atoms. The molecule has 0 saturated heterocycles. The Morgan fingerprint density at radius 1 is 1.08 bits per heavy atom. The average molecular weight is 352 g/mol. The van der Waals surface area contributed by atoms with E-state index in [-0.39, 0.29) is 24.5 Å². The SMILES string of the molecule is COC(=O)CNC(=O)[C@@H](N)Cc1ccc(OC(C)=O)c(OC(C)=O)c1. The largest absolute Gasteiger partial charge is 0.468 e. The van der Waals surface area contributed by atoms with Gasteiger partial charge in [0.2, 0.25) is 5.91 Å². The van der Waals surface area contributed by atoms with Crippen LogP contribution in [0.25, 0.3) is 0 Å². The number of esters is 3. The zero-order valence-corrected chi connectivity index (χ0v) is 14.2. The second-order valence-corrected chi connectivity index (χ2v) is 5.07. The molecule has 0 saturated carbocycles. The number of hydrogen-bond donors (Lipinski definition) is 2. The predicted molar refractivity (Wildman–Crippen MR) is 85.8 cm³/mol. The van der Waals surface area contributed by atoms with Crippen LogP contribution in [0.1, 0.15) is 19.4 Å². The van der Waals surface area contributed by atoms with Gasteiger partial charge in [0.15, 0.2) is 11.5 Å². The summed E-state index contributed by atoms with van der Waals surface area (Å²) in [4.78, 5) is 45.1. The molecule has 0 aliphatic rings. The fourth-order valence-electron chi connectivity index (χ4n) is 1.86. The average Bonchev–Trinajstić information content (AvgIpc) is 2.53. The van der Waals surface area contributed by atoms with Crippen LogP contribution in [0.4, 0.5) is 0 Å². The minimum Gasteiger partial charge on any atom is -0.468 e. The smallest absolute Gasteiger partial charge is 0.325 e. The Morgan fingerprint density at radius 2 is 1.68 bits per heavy atom. The number of carbonyl (C=O) groups excluding carboxylic acids is 4. The van der Waals surface area contributed by atoms with Gasteiger partial charge >= 0.3 is 17.9 Å². The van der Waals surface area contributed by atoms with Crippen molar-refractivity contribution in [2.24, 2.45) is 5.73 Å². The third kappa shape index (κ3) is 7.00. The van der Waals surface area contributed by atoms with Crippen molar-refractivity contribution in [3.05, 3.63) is 23.8 Å². The van der Waals surface area contributed by atoms with Gasteiger partial charge in [-0.05, 0) is 24.1 Å². The second-order valence-electron chi connectivity index (χ2n) is 5.07. The minimum atomic E-state index is -0.936. The molecular weight excluding hydrogens is 332 g/mol. The first-order valence-electron chi connectivity index (χ1n) is 7.32. The molecule has 0 aliphatic carbocycles. The number of hydrogen-bond acceptors (Lipinski definition) is 8. The number of benzene rings is 1. The van der Waals surface area contributed by atoms with Crippen LogP contribution in [0.2, 0.25) is 0 Å². The number of methoxy groups -OCH3 is 1. The maximum Gasteiger partial charge on any atom is 0.325 e. The summed E-state index contributed by atoms with van der Waals surface area (Å²) in [5.41, 5.74) is 6.37. The highest BCUT2D eigenvalue weighted by Crippen LogP contribution is 2.29. The lowest BCUT2D eigenvalue weighted by Crippen LogP contribution is -2.44. The van der Waals surface area contributed by atoms with Crippen molar-refractivity contribution in [3.63, 3.8) is 0 Å². The first-order chi connectivity index (χ1) is 11.7. The molecule has 136 valence electrons. The summed E-state index contributed by atoms with van der Waals surface area (Å²) >= 11 is 0. The van der Waals surface area contributed by atoms with Crippen LogP contribution in [0.3, 0.4) is 0 Å². The number of amides is 1. The van der Waals surface area contributed by atoms with Crippen LogP contribution in [0, 0.1) is 0 Å². The van der Waals surface area contributed by atoms with E-state index in [0.717, 1.165) is 0 Å². The summed E-state index contributed by atoms with van der Waals surface area (Å²) in [7, 11) is 1.20. The molecule has 3 N–H and O–H groups in total. The van der Waals surface area contributed by atoms with Crippen molar-refractivity contribution in [2.75, 3.05) is 13.7 Å². The molecule has 0 fully saturated rings. The van der Waals surface area contributed by atoms with Gasteiger partial charge in [0.1, 0.15) is 6.54 Å². The van der Waals surface area contributed by atoms with E-state index in [2.05, 4.69) is 10.1 Å². The lowest BCUT2D eigenvalue weighted by Gasteiger charge is -2.14. The molecule has 0 unspecified atom stereocenters. The molecular formula is C16H20N2O7. The maximum atomic E-state index is 11.8. The summed E-state index contributed by atoms with van der Waals surface area (Å²) in [5.74, 6) is -2.17. The predicted octanol–water partition coefficient (Wildman–Crippen LogP) is -0.304. The molecule has 1 rings (SSSR count). The van der Waals surface area contributed by atoms with Crippen molar-refractivity contribution in [3.8, 4) is 11.5 Å². The minimum absolute atomic E-state index is 0.0439. The Balaban J connectivity index is 2.83. The summed E-state index contributed by atoms with van der Waals surface area (Å²) in [5, 5.41) is 2.34. The Bertz CT molecular complexity index is 672. The molecule has 9 heteroatoms. The topological polar surface area (TPSA) is 134 Å². The Kier molecular flexibility index (Phi) is 7.54. The summed E-state index contributed by atoms with van der Waals surface area (Å²) in [6.45, 7) is 2.14. The van der Waals surface area contributed by atoms with E-state index in [1.165, 1.54) is 33.1 Å². The first kappa shape index (κ1) is 20.1. The summed E-state index contributed by atoms with van der Waals surface area (Å²) in [6, 6.07) is 3.54. The van der Waals surface area contributed by atoms with Gasteiger partial charge in [-0.2, -0.15) is 0 Å². The van der Waals surface area contributed by atoms with Gasteiger partial charge in [-0.15, -0.1) is 0 Å². The van der Waals surface area contributed by atoms with Gasteiger partial charge in [-0.25, -0.2) is 0 Å². The quantitative estimate of drug-likeness (QED) is 0.504. The lowest BCUT2D eigenvalue weighted by atomic mass is 10.1. The first-order valence-corrected chi connectivity index (χ1v) is 7.32. The number of ether oxygens (including phenoxy) is 3. The molecule has 0 spiro atoms. The zero-order chi connectivity index (χ0) is 19.0. The molecule has 0 heterocycles. The van der Waals surface area contributed by atoms with Gasteiger partial charge in [0, 0.05) is 13.8 Å². The maximum absolute atomic E-state index is 11.8. The van der Waals surface area contributed by atoms with E-state index in [1.54, 1.807) is 6.07 Å². The molecule has 0 aliphatic heterocycles. The van der Waals surface area contributed by atoms with Crippen LogP contribution in [-0.2, 0) is 30.3 Å². The molecule has 25 heavy (non-hydrogen) atoms. The zero-order valence-electron chi connectivity index (χ0n) is 14.2. The number of carbonyl (C=O) groups is 4. The van der Waals surface area contributed by atoms with Gasteiger partial charge in [0.05, 0.1) is 13.2 Å². The van der Waals surface area contributed by atoms with Crippen molar-refractivity contribution >= 4 is 23.8 Å². The number of rotatable bonds is 7. The van der Waals surface area contributed by atoms with E-state index in [4.69, 9.17) is 15.2 Å². The Morgan fingerprint density at radius 3 is 2.24 bits per heavy atom. The fourth-order valence-corrected chi connectivity index (χ4v) is 1.86. The van der Waals surface area contributed by atoms with E-state index < -0.39 is 29.9 Å². The van der Waals surface area contributed by atoms with Crippen LogP contribution < -0.4 is 20.5 Å².